The smallest absolute Gasteiger partial charge is 0.326 e. The largest absolute Gasteiger partial charge is 0.480 e. The van der Waals surface area contributed by atoms with Gasteiger partial charge in [-0.05, 0) is 6.07 Å². The number of carboxylic acids is 1. The first-order valence-corrected chi connectivity index (χ1v) is 5.68. The van der Waals surface area contributed by atoms with Crippen LogP contribution in [0.5, 0.6) is 0 Å². The number of nitrogens with zero attached hydrogens (tertiary/aromatic N) is 2. The van der Waals surface area contributed by atoms with Crippen LogP contribution in [0.15, 0.2) is 30.9 Å². The van der Waals surface area contributed by atoms with Crippen LogP contribution in [0.25, 0.3) is 0 Å². The van der Waals surface area contributed by atoms with Gasteiger partial charge in [-0.2, -0.15) is 4.39 Å². The molecule has 20 heavy (non-hydrogen) atoms. The molecule has 0 spiro atoms. The Morgan fingerprint density at radius 1 is 1.50 bits per heavy atom. The molecule has 0 bridgehead atoms. The zero-order chi connectivity index (χ0) is 14.5. The second kappa shape index (κ2) is 5.91. The van der Waals surface area contributed by atoms with Crippen molar-refractivity contribution in [2.75, 3.05) is 0 Å². The number of pyridine rings is 1. The van der Waals surface area contributed by atoms with Crippen LogP contribution in [0.2, 0.25) is 0 Å². The van der Waals surface area contributed by atoms with E-state index in [0.717, 1.165) is 12.3 Å². The Balaban J connectivity index is 2.08. The molecule has 1 amide bonds. The first kappa shape index (κ1) is 13.7. The van der Waals surface area contributed by atoms with Gasteiger partial charge in [0.2, 0.25) is 5.95 Å². The number of nitrogens with one attached hydrogen (secondary N) is 2. The Morgan fingerprint density at radius 3 is 2.90 bits per heavy atom. The van der Waals surface area contributed by atoms with Crippen LogP contribution in [0.3, 0.4) is 0 Å². The third kappa shape index (κ3) is 3.37. The normalized spacial score (nSPS) is 11.8. The van der Waals surface area contributed by atoms with Gasteiger partial charge in [0.15, 0.2) is 0 Å². The molecule has 2 rings (SSSR count). The summed E-state index contributed by atoms with van der Waals surface area (Å²) in [5, 5.41) is 11.4. The summed E-state index contributed by atoms with van der Waals surface area (Å²) in [6, 6.07) is 1.09. The number of aromatic amines is 1. The molecule has 2 aromatic rings. The molecule has 0 saturated carbocycles. The molecule has 0 aromatic carbocycles. The lowest BCUT2D eigenvalue weighted by Crippen LogP contribution is -2.42. The first-order chi connectivity index (χ1) is 9.56. The summed E-state index contributed by atoms with van der Waals surface area (Å²) >= 11 is 0. The van der Waals surface area contributed by atoms with Gasteiger partial charge in [0.05, 0.1) is 6.33 Å². The van der Waals surface area contributed by atoms with Crippen LogP contribution in [0.4, 0.5) is 4.39 Å². The zero-order valence-corrected chi connectivity index (χ0v) is 10.2. The van der Waals surface area contributed by atoms with Crippen LogP contribution in [0, 0.1) is 5.95 Å². The number of halogens is 1. The van der Waals surface area contributed by atoms with Crippen molar-refractivity contribution in [3.63, 3.8) is 0 Å². The quantitative estimate of drug-likeness (QED) is 0.685. The minimum atomic E-state index is -1.19. The van der Waals surface area contributed by atoms with Gasteiger partial charge in [0, 0.05) is 36.1 Å². The average molecular weight is 278 g/mol. The van der Waals surface area contributed by atoms with Gasteiger partial charge in [0.1, 0.15) is 6.04 Å². The number of imidazole rings is 1. The summed E-state index contributed by atoms with van der Waals surface area (Å²) in [6.07, 6.45) is 4.06. The number of H-pyrrole nitrogens is 1. The van der Waals surface area contributed by atoms with Crippen LogP contribution < -0.4 is 5.32 Å². The summed E-state index contributed by atoms with van der Waals surface area (Å²) in [5.41, 5.74) is 0.576. The van der Waals surface area contributed by atoms with Crippen molar-refractivity contribution < 1.29 is 19.1 Å². The number of hydrogen-bond donors (Lipinski definition) is 3. The Bertz CT molecular complexity index is 615. The van der Waals surface area contributed by atoms with Crippen molar-refractivity contribution >= 4 is 11.9 Å². The van der Waals surface area contributed by atoms with E-state index in [4.69, 9.17) is 5.11 Å². The van der Waals surface area contributed by atoms with Crippen molar-refractivity contribution in [2.45, 2.75) is 12.5 Å². The fourth-order valence-corrected chi connectivity index (χ4v) is 1.60. The van der Waals surface area contributed by atoms with Crippen molar-refractivity contribution in [3.05, 3.63) is 48.1 Å². The van der Waals surface area contributed by atoms with E-state index in [1.165, 1.54) is 18.6 Å². The first-order valence-electron chi connectivity index (χ1n) is 5.68. The Hall–Kier alpha value is -2.77. The number of carbonyl (C=O) groups is 2. The maximum Gasteiger partial charge on any atom is 0.326 e. The predicted molar refractivity (Wildman–Crippen MR) is 65.4 cm³/mol. The van der Waals surface area contributed by atoms with Crippen LogP contribution in [0.1, 0.15) is 16.1 Å². The average Bonchev–Trinajstić information content (AvgIpc) is 2.90. The van der Waals surface area contributed by atoms with E-state index in [1.807, 2.05) is 0 Å². The number of rotatable bonds is 5. The van der Waals surface area contributed by atoms with E-state index in [9.17, 15) is 14.0 Å². The maximum atomic E-state index is 12.9. The Kier molecular flexibility index (Phi) is 4.04. The van der Waals surface area contributed by atoms with Crippen LogP contribution in [-0.2, 0) is 11.2 Å². The van der Waals surface area contributed by atoms with Gasteiger partial charge in [-0.1, -0.05) is 0 Å². The van der Waals surface area contributed by atoms with Crippen molar-refractivity contribution in [1.29, 1.82) is 0 Å². The standard InChI is InChI=1S/C12H11FN4O3/c13-10-3-7(1-2-15-10)11(18)17-9(12(19)20)4-8-5-14-6-16-8/h1-3,5-6,9H,4H2,(H,14,16)(H,17,18)(H,19,20)/t9-/m1/s1. The van der Waals surface area contributed by atoms with Crippen LogP contribution >= 0.6 is 0 Å². The molecule has 0 aliphatic rings. The molecular weight excluding hydrogens is 267 g/mol. The van der Waals surface area contributed by atoms with Gasteiger partial charge in [-0.25, -0.2) is 14.8 Å². The third-order valence-corrected chi connectivity index (χ3v) is 2.57. The number of amides is 1. The molecule has 0 radical (unpaired) electrons. The zero-order valence-electron chi connectivity index (χ0n) is 10.2. The molecule has 2 heterocycles. The number of aromatic nitrogens is 3. The summed E-state index contributed by atoms with van der Waals surface area (Å²) in [5.74, 6) is -2.68. The molecular formula is C12H11FN4O3. The third-order valence-electron chi connectivity index (χ3n) is 2.57. The monoisotopic (exact) mass is 278 g/mol. The molecule has 0 fully saturated rings. The van der Waals surface area contributed by atoms with E-state index < -0.39 is 23.9 Å². The highest BCUT2D eigenvalue weighted by Gasteiger charge is 2.21. The molecule has 0 unspecified atom stereocenters. The fourth-order valence-electron chi connectivity index (χ4n) is 1.60. The molecule has 2 aromatic heterocycles. The van der Waals surface area contributed by atoms with Crippen molar-refractivity contribution in [3.8, 4) is 0 Å². The Morgan fingerprint density at radius 2 is 2.30 bits per heavy atom. The molecule has 0 aliphatic heterocycles. The lowest BCUT2D eigenvalue weighted by atomic mass is 10.1. The fraction of sp³-hybridized carbons (Fsp3) is 0.167. The van der Waals surface area contributed by atoms with E-state index >= 15 is 0 Å². The number of hydrogen-bond acceptors (Lipinski definition) is 4. The summed E-state index contributed by atoms with van der Waals surface area (Å²) in [6.45, 7) is 0. The van der Waals surface area contributed by atoms with E-state index in [0.29, 0.717) is 5.69 Å². The molecule has 3 N–H and O–H groups in total. The highest BCUT2D eigenvalue weighted by Crippen LogP contribution is 2.03. The second-order valence-electron chi connectivity index (χ2n) is 4.01. The maximum absolute atomic E-state index is 12.9. The molecule has 104 valence electrons. The number of aliphatic carboxylic acids is 1. The molecule has 8 heteroatoms. The lowest BCUT2D eigenvalue weighted by Gasteiger charge is -2.13. The second-order valence-corrected chi connectivity index (χ2v) is 4.01. The van der Waals surface area contributed by atoms with Crippen LogP contribution in [-0.4, -0.2) is 38.0 Å². The van der Waals surface area contributed by atoms with Gasteiger partial charge >= 0.3 is 5.97 Å². The molecule has 7 nitrogen and oxygen atoms in total. The lowest BCUT2D eigenvalue weighted by molar-refractivity contribution is -0.139. The molecule has 0 aliphatic carbocycles. The van der Waals surface area contributed by atoms with Gasteiger partial charge in [0.25, 0.3) is 5.91 Å². The molecule has 1 atom stereocenters. The highest BCUT2D eigenvalue weighted by molar-refractivity contribution is 5.96. The summed E-state index contributed by atoms with van der Waals surface area (Å²) in [7, 11) is 0. The van der Waals surface area contributed by atoms with E-state index in [-0.39, 0.29) is 12.0 Å². The Labute approximate surface area is 112 Å². The topological polar surface area (TPSA) is 108 Å². The molecule has 0 saturated heterocycles. The number of carboxylic acid groups (broad SMARTS) is 1. The minimum absolute atomic E-state index is 0.00774. The van der Waals surface area contributed by atoms with Crippen molar-refractivity contribution in [1.82, 2.24) is 20.3 Å². The van der Waals surface area contributed by atoms with E-state index in [1.54, 1.807) is 0 Å². The van der Waals surface area contributed by atoms with Gasteiger partial charge in [-0.15, -0.1) is 0 Å². The highest BCUT2D eigenvalue weighted by atomic mass is 19.1. The SMILES string of the molecule is O=C(N[C@H](Cc1cnc[nH]1)C(=O)O)c1ccnc(F)c1. The van der Waals surface area contributed by atoms with E-state index in [2.05, 4.69) is 20.3 Å². The summed E-state index contributed by atoms with van der Waals surface area (Å²) in [4.78, 5) is 32.8. The minimum Gasteiger partial charge on any atom is -0.480 e. The predicted octanol–water partition coefficient (Wildman–Crippen LogP) is 0.369. The summed E-state index contributed by atoms with van der Waals surface area (Å²) < 4.78 is 12.9. The van der Waals surface area contributed by atoms with Gasteiger partial charge < -0.3 is 15.4 Å². The number of carbonyl (C=O) groups excluding carboxylic acids is 1. The van der Waals surface area contributed by atoms with Crippen molar-refractivity contribution in [2.24, 2.45) is 0 Å². The van der Waals surface area contributed by atoms with Gasteiger partial charge in [-0.3, -0.25) is 4.79 Å².